The van der Waals surface area contributed by atoms with Crippen molar-refractivity contribution < 1.29 is 4.74 Å². The van der Waals surface area contributed by atoms with Crippen molar-refractivity contribution in [3.05, 3.63) is 24.5 Å². The van der Waals surface area contributed by atoms with Crippen LogP contribution >= 0.6 is 0 Å². The summed E-state index contributed by atoms with van der Waals surface area (Å²) >= 11 is 0. The lowest BCUT2D eigenvalue weighted by atomic mass is 10.4. The fourth-order valence-corrected chi connectivity index (χ4v) is 0.451. The molecule has 0 aliphatic carbocycles. The van der Waals surface area contributed by atoms with Crippen LogP contribution < -0.4 is 0 Å². The molecule has 0 aromatic carbocycles. The van der Waals surface area contributed by atoms with Crippen LogP contribution in [-0.4, -0.2) is 7.11 Å². The summed E-state index contributed by atoms with van der Waals surface area (Å²) in [6.07, 6.45) is 4.67. The first-order chi connectivity index (χ1) is 3.85. The van der Waals surface area contributed by atoms with E-state index in [9.17, 15) is 0 Å². The Hall–Kier alpha value is -0.720. The molecule has 0 unspecified atom stereocenters. The molecule has 0 amide bonds. The molecular formula is C7H12O. The topological polar surface area (TPSA) is 9.23 Å². The third-order valence-corrected chi connectivity index (χ3v) is 0.842. The Morgan fingerprint density at radius 1 is 1.75 bits per heavy atom. The van der Waals surface area contributed by atoms with Crippen LogP contribution in [0.3, 0.4) is 0 Å². The maximum Gasteiger partial charge on any atom is 0.114 e. The summed E-state index contributed by atoms with van der Waals surface area (Å²) in [7, 11) is 1.64. The highest BCUT2D eigenvalue weighted by molar-refractivity contribution is 5.07. The fourth-order valence-electron chi connectivity index (χ4n) is 0.451. The smallest absolute Gasteiger partial charge is 0.114 e. The average molecular weight is 112 g/mol. The van der Waals surface area contributed by atoms with Crippen molar-refractivity contribution in [1.29, 1.82) is 0 Å². The molecule has 0 spiro atoms. The third-order valence-electron chi connectivity index (χ3n) is 0.842. The Labute approximate surface area is 50.7 Å². The van der Waals surface area contributed by atoms with Gasteiger partial charge in [-0.1, -0.05) is 13.5 Å². The van der Waals surface area contributed by atoms with E-state index in [0.717, 1.165) is 12.2 Å². The number of methoxy groups -OCH3 is 1. The third kappa shape index (κ3) is 2.45. The highest BCUT2D eigenvalue weighted by atomic mass is 16.5. The molecule has 1 heteroatoms. The lowest BCUT2D eigenvalue weighted by molar-refractivity contribution is 0.305. The molecule has 46 valence electrons. The maximum atomic E-state index is 4.88. The number of rotatable bonds is 3. The van der Waals surface area contributed by atoms with E-state index in [4.69, 9.17) is 4.74 Å². The average Bonchev–Trinajstić information content (AvgIpc) is 1.83. The number of hydrogen-bond acceptors (Lipinski definition) is 1. The zero-order valence-electron chi connectivity index (χ0n) is 5.48. The predicted molar refractivity (Wildman–Crippen MR) is 35.6 cm³/mol. The van der Waals surface area contributed by atoms with Gasteiger partial charge >= 0.3 is 0 Å². The molecule has 0 N–H and O–H groups in total. The van der Waals surface area contributed by atoms with E-state index in [1.54, 1.807) is 13.2 Å². The molecule has 0 aliphatic heterocycles. The summed E-state index contributed by atoms with van der Waals surface area (Å²) in [5.74, 6) is 0.854. The maximum absolute atomic E-state index is 4.88. The number of hydrogen-bond donors (Lipinski definition) is 0. The van der Waals surface area contributed by atoms with Gasteiger partial charge in [0, 0.05) is 0 Å². The van der Waals surface area contributed by atoms with Gasteiger partial charge in [-0.3, -0.25) is 0 Å². The van der Waals surface area contributed by atoms with Crippen molar-refractivity contribution in [2.45, 2.75) is 13.3 Å². The van der Waals surface area contributed by atoms with E-state index >= 15 is 0 Å². The second kappa shape index (κ2) is 4.44. The van der Waals surface area contributed by atoms with Crippen molar-refractivity contribution in [2.75, 3.05) is 7.11 Å². The van der Waals surface area contributed by atoms with Crippen LogP contribution in [0.4, 0.5) is 0 Å². The largest absolute Gasteiger partial charge is 0.497 e. The lowest BCUT2D eigenvalue weighted by Gasteiger charge is -1.95. The van der Waals surface area contributed by atoms with Gasteiger partial charge < -0.3 is 4.74 Å². The summed E-state index contributed by atoms with van der Waals surface area (Å²) in [4.78, 5) is 0. The molecule has 0 fully saturated rings. The van der Waals surface area contributed by atoms with Crippen LogP contribution in [0, 0.1) is 0 Å². The van der Waals surface area contributed by atoms with Crippen LogP contribution in [0.25, 0.3) is 0 Å². The Balaban J connectivity index is 3.66. The van der Waals surface area contributed by atoms with Gasteiger partial charge in [0.25, 0.3) is 0 Å². The first-order valence-corrected chi connectivity index (χ1v) is 2.71. The first-order valence-electron chi connectivity index (χ1n) is 2.71. The second-order valence-corrected chi connectivity index (χ2v) is 1.42. The monoisotopic (exact) mass is 112 g/mol. The Morgan fingerprint density at radius 2 is 2.38 bits per heavy atom. The van der Waals surface area contributed by atoms with E-state index in [2.05, 4.69) is 13.5 Å². The van der Waals surface area contributed by atoms with Crippen molar-refractivity contribution in [3.8, 4) is 0 Å². The SMILES string of the molecule is C=CC(=CCC)OC. The molecule has 8 heavy (non-hydrogen) atoms. The highest BCUT2D eigenvalue weighted by Crippen LogP contribution is 1.96. The van der Waals surface area contributed by atoms with Gasteiger partial charge in [0.1, 0.15) is 5.76 Å². The second-order valence-electron chi connectivity index (χ2n) is 1.42. The summed E-state index contributed by atoms with van der Waals surface area (Å²) in [6, 6.07) is 0. The first kappa shape index (κ1) is 7.28. The van der Waals surface area contributed by atoms with Crippen LogP contribution in [0.15, 0.2) is 24.5 Å². The summed E-state index contributed by atoms with van der Waals surface area (Å²) < 4.78 is 4.88. The highest BCUT2D eigenvalue weighted by Gasteiger charge is 1.80. The van der Waals surface area contributed by atoms with Crippen LogP contribution in [0.5, 0.6) is 0 Å². The molecule has 0 radical (unpaired) electrons. The molecule has 1 nitrogen and oxygen atoms in total. The molecule has 0 saturated heterocycles. The summed E-state index contributed by atoms with van der Waals surface area (Å²) in [5, 5.41) is 0. The van der Waals surface area contributed by atoms with Gasteiger partial charge in [0.05, 0.1) is 7.11 Å². The Kier molecular flexibility index (Phi) is 4.04. The molecule has 0 aromatic heterocycles. The van der Waals surface area contributed by atoms with Crippen molar-refractivity contribution in [2.24, 2.45) is 0 Å². The molecule has 0 aromatic rings. The van der Waals surface area contributed by atoms with Gasteiger partial charge in [0.2, 0.25) is 0 Å². The standard InChI is InChI=1S/C7H12O/c1-4-6-7(5-2)8-3/h5-6H,2,4H2,1,3H3. The van der Waals surface area contributed by atoms with E-state index < -0.39 is 0 Å². The predicted octanol–water partition coefficient (Wildman–Crippen LogP) is 2.11. The van der Waals surface area contributed by atoms with Gasteiger partial charge in [0.15, 0.2) is 0 Å². The van der Waals surface area contributed by atoms with Crippen molar-refractivity contribution >= 4 is 0 Å². The normalized spacial score (nSPS) is 11.0. The molecule has 0 atom stereocenters. The molecule has 0 saturated carbocycles. The van der Waals surface area contributed by atoms with E-state index in [-0.39, 0.29) is 0 Å². The quantitative estimate of drug-likeness (QED) is 0.401. The Morgan fingerprint density at radius 3 is 2.50 bits per heavy atom. The van der Waals surface area contributed by atoms with Crippen LogP contribution in [-0.2, 0) is 4.74 Å². The van der Waals surface area contributed by atoms with Gasteiger partial charge in [-0.25, -0.2) is 0 Å². The summed E-state index contributed by atoms with van der Waals surface area (Å²) in [5.41, 5.74) is 0. The molecule has 0 bridgehead atoms. The fraction of sp³-hybridized carbons (Fsp3) is 0.429. The minimum absolute atomic E-state index is 0.854. The minimum Gasteiger partial charge on any atom is -0.497 e. The van der Waals surface area contributed by atoms with Crippen molar-refractivity contribution in [1.82, 2.24) is 0 Å². The molecular weight excluding hydrogens is 100 g/mol. The van der Waals surface area contributed by atoms with Gasteiger partial charge in [-0.15, -0.1) is 0 Å². The van der Waals surface area contributed by atoms with E-state index in [0.29, 0.717) is 0 Å². The molecule has 0 heterocycles. The Bertz CT molecular complexity index is 92.6. The molecule has 0 rings (SSSR count). The molecule has 0 aliphatic rings. The zero-order chi connectivity index (χ0) is 6.41. The minimum atomic E-state index is 0.854. The van der Waals surface area contributed by atoms with Crippen molar-refractivity contribution in [3.63, 3.8) is 0 Å². The van der Waals surface area contributed by atoms with Crippen LogP contribution in [0.1, 0.15) is 13.3 Å². The lowest BCUT2D eigenvalue weighted by Crippen LogP contribution is -1.78. The number of allylic oxidation sites excluding steroid dienone is 2. The zero-order valence-corrected chi connectivity index (χ0v) is 5.48. The van der Waals surface area contributed by atoms with E-state index in [1.807, 2.05) is 6.08 Å². The van der Waals surface area contributed by atoms with Gasteiger partial charge in [-0.05, 0) is 18.6 Å². The van der Waals surface area contributed by atoms with Crippen LogP contribution in [0.2, 0.25) is 0 Å². The summed E-state index contributed by atoms with van der Waals surface area (Å²) in [6.45, 7) is 5.62. The number of ether oxygens (including phenoxy) is 1. The van der Waals surface area contributed by atoms with E-state index in [1.165, 1.54) is 0 Å². The van der Waals surface area contributed by atoms with Gasteiger partial charge in [-0.2, -0.15) is 0 Å².